The Morgan fingerprint density at radius 1 is 1.11 bits per heavy atom. The lowest BCUT2D eigenvalue weighted by atomic mass is 10.0. The Bertz CT molecular complexity index is 641. The highest BCUT2D eigenvalue weighted by Gasteiger charge is 2.15. The Morgan fingerprint density at radius 2 is 1.84 bits per heavy atom. The second kappa shape index (κ2) is 5.06. The van der Waals surface area contributed by atoms with Gasteiger partial charge in [-0.15, -0.1) is 0 Å². The highest BCUT2D eigenvalue weighted by molar-refractivity contribution is 6.12. The van der Waals surface area contributed by atoms with Crippen molar-refractivity contribution in [1.82, 2.24) is 0 Å². The quantitative estimate of drug-likeness (QED) is 0.684. The Labute approximate surface area is 108 Å². The Morgan fingerprint density at radius 3 is 2.47 bits per heavy atom. The predicted molar refractivity (Wildman–Crippen MR) is 67.2 cm³/mol. The molecule has 0 spiro atoms. The number of anilines is 1. The van der Waals surface area contributed by atoms with Gasteiger partial charge in [0.2, 0.25) is 0 Å². The normalized spacial score (nSPS) is 10.3. The van der Waals surface area contributed by atoms with Crippen molar-refractivity contribution in [2.24, 2.45) is 0 Å². The first-order chi connectivity index (χ1) is 9.02. The highest BCUT2D eigenvalue weighted by atomic mass is 19.2. The van der Waals surface area contributed by atoms with Crippen LogP contribution in [0.1, 0.15) is 15.9 Å². The van der Waals surface area contributed by atoms with Crippen LogP contribution in [0.5, 0.6) is 5.75 Å². The second-order valence-electron chi connectivity index (χ2n) is 3.91. The van der Waals surface area contributed by atoms with Crippen LogP contribution in [0.15, 0.2) is 36.4 Å². The third-order valence-corrected chi connectivity index (χ3v) is 2.69. The van der Waals surface area contributed by atoms with Crippen LogP contribution in [0.25, 0.3) is 0 Å². The SMILES string of the molecule is COc1ccc(N)c(C(=O)c2ccc(F)c(F)c2)c1. The minimum Gasteiger partial charge on any atom is -0.497 e. The van der Waals surface area contributed by atoms with Crippen molar-refractivity contribution in [3.8, 4) is 5.75 Å². The minimum absolute atomic E-state index is 0.0267. The van der Waals surface area contributed by atoms with Gasteiger partial charge in [-0.1, -0.05) is 0 Å². The zero-order valence-corrected chi connectivity index (χ0v) is 10.1. The predicted octanol–water partition coefficient (Wildman–Crippen LogP) is 2.79. The molecule has 0 unspecified atom stereocenters. The molecular formula is C14H11F2NO2. The Hall–Kier alpha value is -2.43. The van der Waals surface area contributed by atoms with Crippen molar-refractivity contribution in [3.05, 3.63) is 59.2 Å². The lowest BCUT2D eigenvalue weighted by Gasteiger charge is -2.07. The lowest BCUT2D eigenvalue weighted by molar-refractivity contribution is 0.103. The molecule has 2 aromatic carbocycles. The van der Waals surface area contributed by atoms with Crippen LogP contribution >= 0.6 is 0 Å². The number of carbonyl (C=O) groups excluding carboxylic acids is 1. The maximum atomic E-state index is 13.1. The summed E-state index contributed by atoms with van der Waals surface area (Å²) in [6.45, 7) is 0. The van der Waals surface area contributed by atoms with Gasteiger partial charge < -0.3 is 10.5 Å². The molecule has 0 radical (unpaired) electrons. The maximum absolute atomic E-state index is 13.1. The van der Waals surface area contributed by atoms with Crippen molar-refractivity contribution < 1.29 is 18.3 Å². The topological polar surface area (TPSA) is 52.3 Å². The van der Waals surface area contributed by atoms with E-state index in [1.165, 1.54) is 25.3 Å². The van der Waals surface area contributed by atoms with E-state index in [1.54, 1.807) is 6.07 Å². The maximum Gasteiger partial charge on any atom is 0.195 e. The third-order valence-electron chi connectivity index (χ3n) is 2.69. The van der Waals surface area contributed by atoms with Gasteiger partial charge in [0.1, 0.15) is 5.75 Å². The zero-order valence-electron chi connectivity index (χ0n) is 10.1. The molecule has 5 heteroatoms. The fourth-order valence-corrected chi connectivity index (χ4v) is 1.65. The minimum atomic E-state index is -1.08. The first-order valence-electron chi connectivity index (χ1n) is 5.46. The number of methoxy groups -OCH3 is 1. The number of benzene rings is 2. The van der Waals surface area contributed by atoms with E-state index in [1.807, 2.05) is 0 Å². The van der Waals surface area contributed by atoms with E-state index in [-0.39, 0.29) is 16.8 Å². The summed E-state index contributed by atoms with van der Waals surface area (Å²) >= 11 is 0. The molecule has 2 N–H and O–H groups in total. The van der Waals surface area contributed by atoms with Gasteiger partial charge in [0.05, 0.1) is 7.11 Å². The largest absolute Gasteiger partial charge is 0.497 e. The van der Waals surface area contributed by atoms with Gasteiger partial charge in [-0.3, -0.25) is 4.79 Å². The first kappa shape index (κ1) is 13.0. The molecule has 0 aliphatic heterocycles. The van der Waals surface area contributed by atoms with Crippen LogP contribution in [-0.2, 0) is 0 Å². The van der Waals surface area contributed by atoms with Crippen LogP contribution < -0.4 is 10.5 Å². The van der Waals surface area contributed by atoms with Crippen molar-refractivity contribution in [3.63, 3.8) is 0 Å². The summed E-state index contributed by atoms with van der Waals surface area (Å²) in [6, 6.07) is 7.54. The molecular weight excluding hydrogens is 252 g/mol. The summed E-state index contributed by atoms with van der Waals surface area (Å²) in [5.41, 5.74) is 6.16. The molecule has 0 saturated carbocycles. The van der Waals surface area contributed by atoms with Crippen LogP contribution in [0.4, 0.5) is 14.5 Å². The summed E-state index contributed by atoms with van der Waals surface area (Å²) < 4.78 is 30.9. The Kier molecular flexibility index (Phi) is 3.46. The lowest BCUT2D eigenvalue weighted by Crippen LogP contribution is -2.06. The molecule has 98 valence electrons. The van der Waals surface area contributed by atoms with Gasteiger partial charge >= 0.3 is 0 Å². The van der Waals surface area contributed by atoms with E-state index in [9.17, 15) is 13.6 Å². The first-order valence-corrected chi connectivity index (χ1v) is 5.46. The number of nitrogen functional groups attached to an aromatic ring is 1. The molecule has 0 fully saturated rings. The standard InChI is InChI=1S/C14H11F2NO2/c1-19-9-3-5-13(17)10(7-9)14(18)8-2-4-11(15)12(16)6-8/h2-7H,17H2,1H3. The van der Waals surface area contributed by atoms with Crippen molar-refractivity contribution >= 4 is 11.5 Å². The molecule has 0 saturated heterocycles. The van der Waals surface area contributed by atoms with E-state index in [0.29, 0.717) is 5.75 Å². The van der Waals surface area contributed by atoms with E-state index >= 15 is 0 Å². The molecule has 2 aromatic rings. The number of halogens is 2. The van der Waals surface area contributed by atoms with Gasteiger partial charge in [-0.25, -0.2) is 8.78 Å². The average Bonchev–Trinajstić information content (AvgIpc) is 2.41. The van der Waals surface area contributed by atoms with Crippen LogP contribution in [0, 0.1) is 11.6 Å². The fourth-order valence-electron chi connectivity index (χ4n) is 1.65. The smallest absolute Gasteiger partial charge is 0.195 e. The van der Waals surface area contributed by atoms with Crippen LogP contribution in [-0.4, -0.2) is 12.9 Å². The number of hydrogen-bond acceptors (Lipinski definition) is 3. The molecule has 0 aliphatic carbocycles. The van der Waals surface area contributed by atoms with E-state index in [2.05, 4.69) is 0 Å². The number of nitrogens with two attached hydrogens (primary N) is 1. The molecule has 0 atom stereocenters. The van der Waals surface area contributed by atoms with Crippen molar-refractivity contribution in [1.29, 1.82) is 0 Å². The number of carbonyl (C=O) groups is 1. The van der Waals surface area contributed by atoms with Gasteiger partial charge in [-0.05, 0) is 36.4 Å². The molecule has 0 bridgehead atoms. The fraction of sp³-hybridized carbons (Fsp3) is 0.0714. The number of rotatable bonds is 3. The van der Waals surface area contributed by atoms with Crippen LogP contribution in [0.3, 0.4) is 0 Å². The monoisotopic (exact) mass is 263 g/mol. The average molecular weight is 263 g/mol. The van der Waals surface area contributed by atoms with E-state index in [4.69, 9.17) is 10.5 Å². The number of hydrogen-bond donors (Lipinski definition) is 1. The number of ether oxygens (including phenoxy) is 1. The Balaban J connectivity index is 2.46. The summed E-state index contributed by atoms with van der Waals surface area (Å²) in [5.74, 6) is -2.11. The van der Waals surface area contributed by atoms with Crippen LogP contribution in [0.2, 0.25) is 0 Å². The second-order valence-corrected chi connectivity index (χ2v) is 3.91. The summed E-state index contributed by atoms with van der Waals surface area (Å²) in [6.07, 6.45) is 0. The molecule has 3 nitrogen and oxygen atoms in total. The molecule has 0 heterocycles. The molecule has 0 aromatic heterocycles. The van der Waals surface area contributed by atoms with E-state index < -0.39 is 17.4 Å². The third kappa shape index (κ3) is 2.54. The zero-order chi connectivity index (χ0) is 14.0. The summed E-state index contributed by atoms with van der Waals surface area (Å²) in [4.78, 5) is 12.2. The highest BCUT2D eigenvalue weighted by Crippen LogP contribution is 2.23. The summed E-state index contributed by atoms with van der Waals surface area (Å²) in [7, 11) is 1.46. The molecule has 0 aliphatic rings. The van der Waals surface area contributed by atoms with Crippen molar-refractivity contribution in [2.45, 2.75) is 0 Å². The van der Waals surface area contributed by atoms with Gasteiger partial charge in [0, 0.05) is 16.8 Å². The van der Waals surface area contributed by atoms with Gasteiger partial charge in [0.25, 0.3) is 0 Å². The van der Waals surface area contributed by atoms with Gasteiger partial charge in [-0.2, -0.15) is 0 Å². The van der Waals surface area contributed by atoms with E-state index in [0.717, 1.165) is 12.1 Å². The molecule has 2 rings (SSSR count). The van der Waals surface area contributed by atoms with Crippen molar-refractivity contribution in [2.75, 3.05) is 12.8 Å². The molecule has 0 amide bonds. The summed E-state index contributed by atoms with van der Waals surface area (Å²) in [5, 5.41) is 0. The van der Waals surface area contributed by atoms with Gasteiger partial charge in [0.15, 0.2) is 17.4 Å². The number of ketones is 1. The molecule has 19 heavy (non-hydrogen) atoms.